The second-order valence-corrected chi connectivity index (χ2v) is 11.5. The molecule has 4 rings (SSSR count). The van der Waals surface area contributed by atoms with Gasteiger partial charge in [0.1, 0.15) is 11.9 Å². The molecule has 11 nitrogen and oxygen atoms in total. The summed E-state index contributed by atoms with van der Waals surface area (Å²) in [7, 11) is -4.14. The molecule has 1 unspecified atom stereocenters. The average Bonchev–Trinajstić information content (AvgIpc) is 3.34. The van der Waals surface area contributed by atoms with Gasteiger partial charge in [-0.25, -0.2) is 13.4 Å². The summed E-state index contributed by atoms with van der Waals surface area (Å²) in [5, 5.41) is 19.7. The molecule has 0 fully saturated rings. The van der Waals surface area contributed by atoms with E-state index in [0.29, 0.717) is 17.7 Å². The molecule has 2 aromatic heterocycles. The monoisotopic (exact) mass is 554 g/mol. The number of aliphatic carboxylic acids is 1. The lowest BCUT2D eigenvalue weighted by Gasteiger charge is -2.18. The van der Waals surface area contributed by atoms with Crippen LogP contribution < -0.4 is 15.4 Å². The third kappa shape index (κ3) is 7.01. The molecule has 1 atom stereocenters. The Labute approximate surface area is 228 Å². The number of carboxylic acid groups (broad SMARTS) is 1. The Hall–Kier alpha value is -3.77. The fraction of sp³-hybridized carbons (Fsp3) is 0.407. The molecule has 0 saturated carbocycles. The molecule has 1 aliphatic heterocycles. The van der Waals surface area contributed by atoms with E-state index in [4.69, 9.17) is 0 Å². The van der Waals surface area contributed by atoms with E-state index in [1.165, 1.54) is 11.8 Å². The number of amides is 1. The van der Waals surface area contributed by atoms with Crippen molar-refractivity contribution >= 4 is 27.7 Å². The highest BCUT2D eigenvalue weighted by atomic mass is 32.2. The largest absolute Gasteiger partial charge is 0.480 e. The number of hydrogen-bond acceptors (Lipinski definition) is 7. The highest BCUT2D eigenvalue weighted by Crippen LogP contribution is 2.22. The number of pyridine rings is 1. The Morgan fingerprint density at radius 1 is 1.18 bits per heavy atom. The van der Waals surface area contributed by atoms with Crippen molar-refractivity contribution in [3.8, 4) is 0 Å². The first-order valence-corrected chi connectivity index (χ1v) is 14.4. The van der Waals surface area contributed by atoms with Crippen LogP contribution in [0, 0.1) is 20.8 Å². The van der Waals surface area contributed by atoms with Crippen LogP contribution in [0.5, 0.6) is 0 Å². The number of carbonyl (C=O) groups excluding carboxylic acids is 1. The molecule has 3 aromatic rings. The number of nitrogens with zero attached hydrogens (tertiary/aromatic N) is 3. The molecule has 0 saturated heterocycles. The summed E-state index contributed by atoms with van der Waals surface area (Å²) in [6, 6.07) is 6.05. The molecule has 0 aliphatic carbocycles. The third-order valence-electron chi connectivity index (χ3n) is 6.60. The van der Waals surface area contributed by atoms with E-state index in [2.05, 4.69) is 31.5 Å². The fourth-order valence-electron chi connectivity index (χ4n) is 4.85. The van der Waals surface area contributed by atoms with Gasteiger partial charge in [-0.15, -0.1) is 0 Å². The number of nitrogens with one attached hydrogen (secondary N) is 3. The average molecular weight is 555 g/mol. The molecule has 12 heteroatoms. The van der Waals surface area contributed by atoms with Gasteiger partial charge in [0, 0.05) is 31.5 Å². The maximum absolute atomic E-state index is 13.0. The molecule has 0 bridgehead atoms. The van der Waals surface area contributed by atoms with Gasteiger partial charge in [-0.1, -0.05) is 23.8 Å². The maximum atomic E-state index is 13.0. The minimum Gasteiger partial charge on any atom is -0.480 e. The number of anilines is 1. The molecule has 0 spiro atoms. The molecule has 0 radical (unpaired) electrons. The molecule has 1 aliphatic rings. The number of aromatic nitrogens is 3. The zero-order valence-electron chi connectivity index (χ0n) is 22.3. The minimum atomic E-state index is -4.14. The normalized spacial score (nSPS) is 13.8. The second-order valence-electron chi connectivity index (χ2n) is 9.89. The van der Waals surface area contributed by atoms with Crippen LogP contribution in [0.4, 0.5) is 5.82 Å². The summed E-state index contributed by atoms with van der Waals surface area (Å²) < 4.78 is 29.8. The van der Waals surface area contributed by atoms with Gasteiger partial charge in [0.15, 0.2) is 0 Å². The fourth-order valence-corrected chi connectivity index (χ4v) is 6.49. The van der Waals surface area contributed by atoms with Crippen molar-refractivity contribution in [3.05, 3.63) is 70.2 Å². The number of carboxylic acids is 1. The second kappa shape index (κ2) is 12.0. The zero-order chi connectivity index (χ0) is 28.2. The summed E-state index contributed by atoms with van der Waals surface area (Å²) in [5.41, 5.74) is 4.42. The summed E-state index contributed by atoms with van der Waals surface area (Å²) >= 11 is 0. The Morgan fingerprint density at radius 3 is 2.64 bits per heavy atom. The molecule has 39 heavy (non-hydrogen) atoms. The summed E-state index contributed by atoms with van der Waals surface area (Å²) in [6.07, 6.45) is 6.67. The van der Waals surface area contributed by atoms with E-state index < -0.39 is 34.5 Å². The lowest BCUT2D eigenvalue weighted by molar-refractivity contribution is -0.138. The highest BCUT2D eigenvalue weighted by Gasteiger charge is 2.28. The van der Waals surface area contributed by atoms with Crippen LogP contribution in [0.2, 0.25) is 0 Å². The van der Waals surface area contributed by atoms with Gasteiger partial charge < -0.3 is 15.7 Å². The number of hydrogen-bond donors (Lipinski definition) is 4. The molecule has 1 amide bonds. The molecule has 1 aromatic carbocycles. The van der Waals surface area contributed by atoms with Crippen LogP contribution in [0.1, 0.15) is 51.1 Å². The number of benzene rings is 1. The predicted molar refractivity (Wildman–Crippen MR) is 146 cm³/mol. The lowest BCUT2D eigenvalue weighted by atomic mass is 10.1. The van der Waals surface area contributed by atoms with Crippen molar-refractivity contribution < 1.29 is 23.1 Å². The number of fused-ring (bicyclic) bond motifs is 1. The SMILES string of the molecule is Cc1cc(C)c(S(=O)(=O)NC(CNC(=O)c2cnn(CCCc3ccc4c(n3)NCCC4)c2)C(=O)O)c(C)c1. The Morgan fingerprint density at radius 2 is 1.92 bits per heavy atom. The topological polar surface area (TPSA) is 155 Å². The lowest BCUT2D eigenvalue weighted by Crippen LogP contribution is -2.48. The first-order chi connectivity index (χ1) is 18.5. The van der Waals surface area contributed by atoms with Crippen molar-refractivity contribution in [2.75, 3.05) is 18.4 Å². The van der Waals surface area contributed by atoms with Crippen molar-refractivity contribution in [2.45, 2.75) is 63.9 Å². The summed E-state index contributed by atoms with van der Waals surface area (Å²) in [5.74, 6) is -0.984. The Balaban J connectivity index is 1.31. The van der Waals surface area contributed by atoms with Gasteiger partial charge in [-0.2, -0.15) is 9.82 Å². The first kappa shape index (κ1) is 28.2. The van der Waals surface area contributed by atoms with Crippen molar-refractivity contribution in [1.29, 1.82) is 0 Å². The van der Waals surface area contributed by atoms with Gasteiger partial charge in [-0.3, -0.25) is 14.3 Å². The van der Waals surface area contributed by atoms with E-state index in [9.17, 15) is 23.1 Å². The molecular weight excluding hydrogens is 520 g/mol. The van der Waals surface area contributed by atoms with Crippen LogP contribution in [-0.4, -0.2) is 59.3 Å². The van der Waals surface area contributed by atoms with E-state index >= 15 is 0 Å². The van der Waals surface area contributed by atoms with Crippen LogP contribution in [0.3, 0.4) is 0 Å². The standard InChI is InChI=1S/C27H34N6O5S/c1-17-12-18(2)24(19(3)13-17)39(37,38)32-23(27(35)36)15-29-26(34)21-14-30-33(16-21)11-5-7-22-9-8-20-6-4-10-28-25(20)31-22/h8-9,12-14,16,23,32H,4-7,10-11,15H2,1-3H3,(H,28,31)(H,29,34)(H,35,36). The number of sulfonamides is 1. The third-order valence-corrected chi connectivity index (χ3v) is 8.38. The number of carbonyl (C=O) groups is 2. The van der Waals surface area contributed by atoms with Crippen LogP contribution >= 0.6 is 0 Å². The Kier molecular flexibility index (Phi) is 8.66. The van der Waals surface area contributed by atoms with Crippen molar-refractivity contribution in [3.63, 3.8) is 0 Å². The van der Waals surface area contributed by atoms with Gasteiger partial charge in [0.05, 0.1) is 16.7 Å². The van der Waals surface area contributed by atoms with Crippen molar-refractivity contribution in [1.82, 2.24) is 24.8 Å². The summed E-state index contributed by atoms with van der Waals surface area (Å²) in [6.45, 7) is 6.25. The molecule has 3 heterocycles. The Bertz CT molecular complexity index is 1460. The smallest absolute Gasteiger partial charge is 0.323 e. The maximum Gasteiger partial charge on any atom is 0.323 e. The van der Waals surface area contributed by atoms with Gasteiger partial charge in [0.25, 0.3) is 5.91 Å². The van der Waals surface area contributed by atoms with Crippen LogP contribution in [0.15, 0.2) is 41.6 Å². The minimum absolute atomic E-state index is 0.0359. The number of rotatable bonds is 11. The number of aryl methyl sites for hydroxylation is 6. The van der Waals surface area contributed by atoms with Crippen LogP contribution in [-0.2, 0) is 34.2 Å². The van der Waals surface area contributed by atoms with Gasteiger partial charge in [0.2, 0.25) is 10.0 Å². The quantitative estimate of drug-likeness (QED) is 0.282. The van der Waals surface area contributed by atoms with Gasteiger partial charge >= 0.3 is 5.97 Å². The molecule has 208 valence electrons. The molecular formula is C27H34N6O5S. The highest BCUT2D eigenvalue weighted by molar-refractivity contribution is 7.89. The van der Waals surface area contributed by atoms with Crippen molar-refractivity contribution in [2.24, 2.45) is 0 Å². The first-order valence-electron chi connectivity index (χ1n) is 12.9. The zero-order valence-corrected chi connectivity index (χ0v) is 23.1. The summed E-state index contributed by atoms with van der Waals surface area (Å²) in [4.78, 5) is 29.2. The van der Waals surface area contributed by atoms with E-state index in [0.717, 1.165) is 49.3 Å². The van der Waals surface area contributed by atoms with E-state index in [1.54, 1.807) is 36.9 Å². The predicted octanol–water partition coefficient (Wildman–Crippen LogP) is 2.36. The van der Waals surface area contributed by atoms with E-state index in [-0.39, 0.29) is 10.5 Å². The van der Waals surface area contributed by atoms with Gasteiger partial charge in [-0.05, 0) is 69.2 Å². The van der Waals surface area contributed by atoms with Crippen LogP contribution in [0.25, 0.3) is 0 Å². The molecule has 4 N–H and O–H groups in total. The van der Waals surface area contributed by atoms with E-state index in [1.807, 2.05) is 13.0 Å².